The van der Waals surface area contributed by atoms with Gasteiger partial charge in [0.2, 0.25) is 0 Å². The Labute approximate surface area is 202 Å². The summed E-state index contributed by atoms with van der Waals surface area (Å²) < 4.78 is 1.74. The van der Waals surface area contributed by atoms with Crippen molar-refractivity contribution >= 4 is 35.6 Å². The number of hydrogen-bond acceptors (Lipinski definition) is 4. The molecule has 166 valence electrons. The third-order valence-electron chi connectivity index (χ3n) is 4.78. The second kappa shape index (κ2) is 13.6. The van der Waals surface area contributed by atoms with Crippen LogP contribution in [0.2, 0.25) is 0 Å². The molecule has 2 N–H and O–H groups in total. The van der Waals surface area contributed by atoms with Crippen LogP contribution in [-0.4, -0.2) is 46.9 Å². The number of benzene rings is 2. The van der Waals surface area contributed by atoms with E-state index in [1.165, 1.54) is 12.0 Å². The Bertz CT molecular complexity index is 880. The van der Waals surface area contributed by atoms with Crippen molar-refractivity contribution in [3.63, 3.8) is 0 Å². The van der Waals surface area contributed by atoms with E-state index in [0.29, 0.717) is 6.54 Å². The first-order valence-electron chi connectivity index (χ1n) is 10.6. The first-order chi connectivity index (χ1) is 14.8. The van der Waals surface area contributed by atoms with Gasteiger partial charge < -0.3 is 15.5 Å². The van der Waals surface area contributed by atoms with Gasteiger partial charge in [-0.05, 0) is 50.1 Å². The second-order valence-electron chi connectivity index (χ2n) is 6.90. The Morgan fingerprint density at radius 2 is 1.81 bits per heavy atom. The minimum Gasteiger partial charge on any atom is -0.372 e. The molecule has 0 aliphatic rings. The van der Waals surface area contributed by atoms with Crippen LogP contribution >= 0.6 is 24.0 Å². The third kappa shape index (κ3) is 7.86. The van der Waals surface area contributed by atoms with Gasteiger partial charge in [-0.3, -0.25) is 0 Å². The number of anilines is 1. The van der Waals surface area contributed by atoms with Crippen molar-refractivity contribution in [1.29, 1.82) is 0 Å². The maximum atomic E-state index is 4.72. The van der Waals surface area contributed by atoms with Crippen LogP contribution in [-0.2, 0) is 6.54 Å². The molecule has 0 radical (unpaired) electrons. The molecule has 0 amide bonds. The molecule has 3 rings (SSSR count). The Balaban J connectivity index is 0.00000341. The fourth-order valence-electron chi connectivity index (χ4n) is 3.19. The molecular formula is C23H32IN7. The number of halogens is 1. The summed E-state index contributed by atoms with van der Waals surface area (Å²) in [7, 11) is 0. The average molecular weight is 533 g/mol. The first-order valence-corrected chi connectivity index (χ1v) is 10.6. The van der Waals surface area contributed by atoms with E-state index in [1.54, 1.807) is 11.0 Å². The standard InChI is InChI=1S/C23H31N7.HI/c1-3-25-23(26-15-8-16-29(4-2)21-9-6-5-7-10-21)27-17-20-11-13-22(14-12-20)30-19-24-18-28-30;/h5-7,9-14,18-19H,3-4,8,15-17H2,1-2H3,(H2,25,26,27);1H. The number of hydrogen-bond donors (Lipinski definition) is 2. The topological polar surface area (TPSA) is 70.4 Å². The van der Waals surface area contributed by atoms with Crippen molar-refractivity contribution in [1.82, 2.24) is 25.4 Å². The lowest BCUT2D eigenvalue weighted by Gasteiger charge is -2.23. The molecular weight excluding hydrogens is 501 g/mol. The largest absolute Gasteiger partial charge is 0.372 e. The highest BCUT2D eigenvalue weighted by Crippen LogP contribution is 2.12. The van der Waals surface area contributed by atoms with E-state index in [-0.39, 0.29) is 24.0 Å². The van der Waals surface area contributed by atoms with E-state index in [0.717, 1.165) is 49.8 Å². The molecule has 7 nitrogen and oxygen atoms in total. The molecule has 0 atom stereocenters. The van der Waals surface area contributed by atoms with Gasteiger partial charge in [0.1, 0.15) is 12.7 Å². The molecule has 0 fully saturated rings. The zero-order chi connectivity index (χ0) is 21.0. The molecule has 0 aliphatic carbocycles. The molecule has 0 bridgehead atoms. The normalized spacial score (nSPS) is 11.0. The molecule has 8 heteroatoms. The Hall–Kier alpha value is -2.62. The number of aromatic nitrogens is 3. The zero-order valence-electron chi connectivity index (χ0n) is 18.2. The molecule has 31 heavy (non-hydrogen) atoms. The van der Waals surface area contributed by atoms with Crippen LogP contribution in [0.15, 0.2) is 72.2 Å². The molecule has 3 aromatic rings. The molecule has 0 aliphatic heterocycles. The van der Waals surface area contributed by atoms with Gasteiger partial charge in [0.15, 0.2) is 5.96 Å². The summed E-state index contributed by atoms with van der Waals surface area (Å²) in [5.74, 6) is 0.848. The lowest BCUT2D eigenvalue weighted by molar-refractivity contribution is 0.709. The maximum absolute atomic E-state index is 4.72. The minimum atomic E-state index is 0. The molecule has 1 aromatic heterocycles. The predicted octanol–water partition coefficient (Wildman–Crippen LogP) is 3.86. The molecule has 0 spiro atoms. The van der Waals surface area contributed by atoms with Gasteiger partial charge >= 0.3 is 0 Å². The highest BCUT2D eigenvalue weighted by molar-refractivity contribution is 14.0. The Morgan fingerprint density at radius 1 is 1.03 bits per heavy atom. The number of para-hydroxylation sites is 1. The molecule has 2 aromatic carbocycles. The average Bonchev–Trinajstić information content (AvgIpc) is 3.33. The third-order valence-corrected chi connectivity index (χ3v) is 4.78. The van der Waals surface area contributed by atoms with Gasteiger partial charge in [-0.25, -0.2) is 14.7 Å². The van der Waals surface area contributed by atoms with Gasteiger partial charge in [0.25, 0.3) is 0 Å². The van der Waals surface area contributed by atoms with Crippen LogP contribution in [0.5, 0.6) is 0 Å². The molecule has 0 saturated heterocycles. The number of aliphatic imine (C=N–C) groups is 1. The summed E-state index contributed by atoms with van der Waals surface area (Å²) in [6.07, 6.45) is 4.27. The van der Waals surface area contributed by atoms with Crippen molar-refractivity contribution < 1.29 is 0 Å². The van der Waals surface area contributed by atoms with Crippen LogP contribution in [0.3, 0.4) is 0 Å². The molecule has 0 unspecified atom stereocenters. The number of guanidine groups is 1. The number of nitrogens with one attached hydrogen (secondary N) is 2. The quantitative estimate of drug-likeness (QED) is 0.179. The van der Waals surface area contributed by atoms with E-state index in [2.05, 4.69) is 81.9 Å². The van der Waals surface area contributed by atoms with Crippen molar-refractivity contribution in [2.45, 2.75) is 26.8 Å². The van der Waals surface area contributed by atoms with E-state index >= 15 is 0 Å². The highest BCUT2D eigenvalue weighted by atomic mass is 127. The van der Waals surface area contributed by atoms with Crippen molar-refractivity contribution in [2.75, 3.05) is 31.1 Å². The van der Waals surface area contributed by atoms with Crippen LogP contribution in [0, 0.1) is 0 Å². The summed E-state index contributed by atoms with van der Waals surface area (Å²) in [5, 5.41) is 10.9. The van der Waals surface area contributed by atoms with Crippen molar-refractivity contribution in [3.8, 4) is 5.69 Å². The van der Waals surface area contributed by atoms with Crippen LogP contribution in [0.4, 0.5) is 5.69 Å². The summed E-state index contributed by atoms with van der Waals surface area (Å²) in [6, 6.07) is 18.8. The smallest absolute Gasteiger partial charge is 0.191 e. The van der Waals surface area contributed by atoms with E-state index in [4.69, 9.17) is 4.99 Å². The van der Waals surface area contributed by atoms with E-state index < -0.39 is 0 Å². The van der Waals surface area contributed by atoms with Crippen LogP contribution in [0.25, 0.3) is 5.69 Å². The van der Waals surface area contributed by atoms with Gasteiger partial charge in [-0.15, -0.1) is 24.0 Å². The Morgan fingerprint density at radius 3 is 2.45 bits per heavy atom. The van der Waals surface area contributed by atoms with E-state index in [9.17, 15) is 0 Å². The summed E-state index contributed by atoms with van der Waals surface area (Å²) in [6.45, 7) is 8.62. The maximum Gasteiger partial charge on any atom is 0.191 e. The van der Waals surface area contributed by atoms with Crippen LogP contribution in [0.1, 0.15) is 25.8 Å². The summed E-state index contributed by atoms with van der Waals surface area (Å²) in [4.78, 5) is 11.1. The summed E-state index contributed by atoms with van der Waals surface area (Å²) in [5.41, 5.74) is 3.41. The molecule has 0 saturated carbocycles. The first kappa shape index (κ1) is 24.6. The van der Waals surface area contributed by atoms with Gasteiger partial charge in [-0.1, -0.05) is 30.3 Å². The number of rotatable bonds is 10. The Kier molecular flexibility index (Phi) is 10.8. The van der Waals surface area contributed by atoms with Crippen molar-refractivity contribution in [2.24, 2.45) is 4.99 Å². The summed E-state index contributed by atoms with van der Waals surface area (Å²) >= 11 is 0. The molecule has 1 heterocycles. The van der Waals surface area contributed by atoms with Crippen molar-refractivity contribution in [3.05, 3.63) is 72.8 Å². The lowest BCUT2D eigenvalue weighted by atomic mass is 10.2. The van der Waals surface area contributed by atoms with E-state index in [1.807, 2.05) is 12.1 Å². The monoisotopic (exact) mass is 533 g/mol. The number of nitrogens with zero attached hydrogens (tertiary/aromatic N) is 5. The zero-order valence-corrected chi connectivity index (χ0v) is 20.6. The van der Waals surface area contributed by atoms with Gasteiger partial charge in [0, 0.05) is 31.9 Å². The minimum absolute atomic E-state index is 0. The fourth-order valence-corrected chi connectivity index (χ4v) is 3.19. The van der Waals surface area contributed by atoms with Crippen LogP contribution < -0.4 is 15.5 Å². The highest BCUT2D eigenvalue weighted by Gasteiger charge is 2.04. The second-order valence-corrected chi connectivity index (χ2v) is 6.90. The van der Waals surface area contributed by atoms with Gasteiger partial charge in [0.05, 0.1) is 12.2 Å². The fraction of sp³-hybridized carbons (Fsp3) is 0.348. The predicted molar refractivity (Wildman–Crippen MR) is 139 cm³/mol. The van der Waals surface area contributed by atoms with Gasteiger partial charge in [-0.2, -0.15) is 5.10 Å². The lowest BCUT2D eigenvalue weighted by Crippen LogP contribution is -2.38. The SMILES string of the molecule is CCNC(=NCc1ccc(-n2cncn2)cc1)NCCCN(CC)c1ccccc1.I.